The molecule has 0 aliphatic carbocycles. The van der Waals surface area contributed by atoms with Crippen LogP contribution in [0.3, 0.4) is 0 Å². The second-order valence-electron chi connectivity index (χ2n) is 21.1. The summed E-state index contributed by atoms with van der Waals surface area (Å²) in [5.74, 6) is 0.476. The Hall–Kier alpha value is -7.73. The molecule has 2 unspecified atom stereocenters. The number of nitrogens with zero attached hydrogens (tertiary/aromatic N) is 4. The lowest BCUT2D eigenvalue weighted by molar-refractivity contribution is -0.0948. The first-order chi connectivity index (χ1) is 44.2. The van der Waals surface area contributed by atoms with Gasteiger partial charge in [-0.3, -0.25) is 42.2 Å². The maximum atomic E-state index is 15.8. The van der Waals surface area contributed by atoms with Gasteiger partial charge in [0.25, 0.3) is 11.5 Å². The van der Waals surface area contributed by atoms with Crippen molar-refractivity contribution in [2.75, 3.05) is 52.4 Å². The molecule has 2 aromatic heterocycles. The van der Waals surface area contributed by atoms with Crippen LogP contribution in [0.5, 0.6) is 23.0 Å². The number of carbonyl (C=O) groups is 1. The molecule has 23 nitrogen and oxygen atoms in total. The molecule has 0 saturated carbocycles. The van der Waals surface area contributed by atoms with Crippen LogP contribution in [0.1, 0.15) is 78.7 Å². The molecule has 10 rings (SSSR count). The molecule has 3 N–H and O–H groups in total. The van der Waals surface area contributed by atoms with Gasteiger partial charge >= 0.3 is 27.0 Å². The Labute approximate surface area is 540 Å². The number of rotatable bonds is 26. The number of nitrogens with one attached hydrogen (secondary N) is 2. The lowest BCUT2D eigenvalue weighted by atomic mass is 9.80. The molecule has 0 spiro atoms. The summed E-state index contributed by atoms with van der Waals surface area (Å²) in [6, 6.07) is 45.0. The molecule has 92 heavy (non-hydrogen) atoms. The first kappa shape index (κ1) is 68.6. The van der Waals surface area contributed by atoms with Crippen molar-refractivity contribution in [3.63, 3.8) is 0 Å². The van der Waals surface area contributed by atoms with Gasteiger partial charge in [0, 0.05) is 46.4 Å². The average Bonchev–Trinajstić information content (AvgIpc) is 0.940. The molecule has 0 radical (unpaired) electrons. The molecule has 486 valence electrons. The number of anilines is 1. The highest BCUT2D eigenvalue weighted by molar-refractivity contribution is 7.49. The number of amides is 1. The molecular formula is C65H70Cl2N6O17P2. The van der Waals surface area contributed by atoms with E-state index in [1.165, 1.54) is 98.1 Å². The van der Waals surface area contributed by atoms with Gasteiger partial charge in [-0.2, -0.15) is 4.98 Å². The minimum Gasteiger partial charge on any atom is -0.497 e. The number of methoxy groups -OCH3 is 2. The predicted octanol–water partition coefficient (Wildman–Crippen LogP) is 11.8. The van der Waals surface area contributed by atoms with Gasteiger partial charge in [-0.15, -0.1) is 0 Å². The molecule has 2 aliphatic heterocycles. The molecule has 2 fully saturated rings. The molecule has 8 atom stereocenters. The van der Waals surface area contributed by atoms with Crippen LogP contribution in [0.25, 0.3) is 0 Å². The van der Waals surface area contributed by atoms with E-state index in [0.717, 1.165) is 4.57 Å². The van der Waals surface area contributed by atoms with E-state index in [9.17, 15) is 28.6 Å². The fourth-order valence-electron chi connectivity index (χ4n) is 10.4. The molecule has 1 amide bonds. The zero-order chi connectivity index (χ0) is 65.6. The van der Waals surface area contributed by atoms with Gasteiger partial charge in [0.05, 0.1) is 27.4 Å². The number of aromatic nitrogens is 4. The molecule has 0 bridgehead atoms. The number of phosphoric ester groups is 2. The lowest BCUT2D eigenvalue weighted by Gasteiger charge is -2.37. The summed E-state index contributed by atoms with van der Waals surface area (Å²) in [5.41, 5.74) is -1.32. The number of aromatic amines is 1. The maximum absolute atomic E-state index is 15.8. The highest BCUT2D eigenvalue weighted by Gasteiger charge is 2.49. The van der Waals surface area contributed by atoms with Crippen molar-refractivity contribution < 1.29 is 65.1 Å². The quantitative estimate of drug-likeness (QED) is 0.0336. The number of hydrogen-bond acceptors (Lipinski definition) is 18. The zero-order valence-electron chi connectivity index (χ0n) is 51.1. The Bertz CT molecular complexity index is 3960. The second kappa shape index (κ2) is 31.3. The molecule has 8 aromatic rings. The van der Waals surface area contributed by atoms with E-state index in [1.54, 1.807) is 68.8 Å². The van der Waals surface area contributed by atoms with E-state index in [0.29, 0.717) is 43.8 Å². The van der Waals surface area contributed by atoms with E-state index in [-0.39, 0.29) is 42.3 Å². The van der Waals surface area contributed by atoms with Gasteiger partial charge in [0.1, 0.15) is 71.3 Å². The van der Waals surface area contributed by atoms with Gasteiger partial charge in [-0.25, -0.2) is 18.7 Å². The Balaban J connectivity index is 0.00000135. The third kappa shape index (κ3) is 17.3. The topological polar surface area (TPSA) is 269 Å². The SMILES string of the molecule is CCN(CC)CC.COc1ccc(C(OC[C@H]2O[C@@H](n3ccc(NC(=O)c4ccccc4)nc3=O)C[C@@H]2OP(=O)(OC[C@H]2O[C@@H](n3cc(C)c(=O)[nH]c3=O)C[C@@H]2OP(=O)(O)Oc2ccc(Cl)cc2)Oc2ccc(Cl)cc2)(c2ccccc2)c2ccc(OC)cc2)cc1. The van der Waals surface area contributed by atoms with Crippen molar-refractivity contribution in [3.8, 4) is 23.0 Å². The van der Waals surface area contributed by atoms with Crippen LogP contribution in [0.15, 0.2) is 191 Å². The standard InChI is InChI=1S/C59H55Cl2N5O17P2.C6H15N/c1-37-34-66(58(70)64-55(37)67)54-32-48(82-84(71,72)80-46-26-18-42(60)19-27-46)51(79-54)36-77-85(73,81-47-28-20-43(61)21-29-47)83-49-33-53(65-31-30-52(63-57(65)69)62-56(68)38-10-6-4-7-11-38)78-50(49)35-76-59(39-12-8-5-9-13-39,40-14-22-44(74-2)23-15-40)41-16-24-45(75-3)25-17-41;1-4-7(5-2)6-3/h4-31,34,48-51,53-54H,32-33,35-36H2,1-3H3,(H,71,72)(H,64,67,70)(H,62,63,68,69);4-6H2,1-3H3/t48-,49-,50+,51+,53+,54+,85?;/m0./s1. The molecule has 27 heteroatoms. The Morgan fingerprint density at radius 2 is 1.15 bits per heavy atom. The number of halogens is 2. The monoisotopic (exact) mass is 1340 g/mol. The van der Waals surface area contributed by atoms with Crippen molar-refractivity contribution in [3.05, 3.63) is 245 Å². The van der Waals surface area contributed by atoms with Crippen LogP contribution in [-0.2, 0) is 42.5 Å². The number of H-pyrrole nitrogens is 1. The molecule has 6 aromatic carbocycles. The Morgan fingerprint density at radius 3 is 1.67 bits per heavy atom. The minimum atomic E-state index is -5.07. The third-order valence-corrected chi connectivity index (χ3v) is 18.1. The fourth-order valence-corrected chi connectivity index (χ4v) is 13.0. The van der Waals surface area contributed by atoms with Crippen molar-refractivity contribution in [1.82, 2.24) is 24.0 Å². The summed E-state index contributed by atoms with van der Waals surface area (Å²) in [6.45, 7) is 10.5. The molecular weight excluding hydrogens is 1270 g/mol. The number of ether oxygens (including phenoxy) is 5. The van der Waals surface area contributed by atoms with Crippen molar-refractivity contribution in [2.24, 2.45) is 0 Å². The summed E-state index contributed by atoms with van der Waals surface area (Å²) in [6.07, 6.45) is -5.84. The minimum absolute atomic E-state index is 0.0452. The van der Waals surface area contributed by atoms with Gasteiger partial charge in [0.2, 0.25) is 0 Å². The molecule has 2 saturated heterocycles. The highest BCUT2D eigenvalue weighted by atomic mass is 35.5. The summed E-state index contributed by atoms with van der Waals surface area (Å²) >= 11 is 12.3. The number of carbonyl (C=O) groups excluding carboxylic acids is 1. The zero-order valence-corrected chi connectivity index (χ0v) is 54.4. The Kier molecular flexibility index (Phi) is 23.3. The first-order valence-corrected chi connectivity index (χ1v) is 33.1. The summed E-state index contributed by atoms with van der Waals surface area (Å²) in [7, 11) is -7.01. The summed E-state index contributed by atoms with van der Waals surface area (Å²) in [4.78, 5) is 72.7. The van der Waals surface area contributed by atoms with E-state index >= 15 is 4.57 Å². The summed E-state index contributed by atoms with van der Waals surface area (Å²) in [5, 5.41) is 3.27. The van der Waals surface area contributed by atoms with Crippen molar-refractivity contribution >= 4 is 50.6 Å². The molecule has 4 heterocycles. The van der Waals surface area contributed by atoms with Crippen molar-refractivity contribution in [1.29, 1.82) is 0 Å². The largest absolute Gasteiger partial charge is 0.530 e. The van der Waals surface area contributed by atoms with Crippen LogP contribution < -0.4 is 40.8 Å². The normalized spacial score (nSPS) is 19.2. The van der Waals surface area contributed by atoms with Crippen LogP contribution in [0.4, 0.5) is 5.82 Å². The van der Waals surface area contributed by atoms with Gasteiger partial charge in [-0.05, 0) is 134 Å². The number of hydrogen-bond donors (Lipinski definition) is 3. The van der Waals surface area contributed by atoms with Gasteiger partial charge in [0.15, 0.2) is 0 Å². The van der Waals surface area contributed by atoms with E-state index in [4.69, 9.17) is 69.5 Å². The molecule has 2 aliphatic rings. The van der Waals surface area contributed by atoms with E-state index < -0.39 is 87.6 Å². The number of benzene rings is 6. The fraction of sp³-hybridized carbons (Fsp3) is 0.308. The van der Waals surface area contributed by atoms with Crippen LogP contribution in [0, 0.1) is 6.92 Å². The van der Waals surface area contributed by atoms with Crippen LogP contribution in [-0.4, -0.2) is 106 Å². The smallest absolute Gasteiger partial charge is 0.497 e. The van der Waals surface area contributed by atoms with E-state index in [1.807, 2.05) is 54.6 Å². The van der Waals surface area contributed by atoms with Crippen molar-refractivity contribution in [2.45, 2.75) is 83.0 Å². The van der Waals surface area contributed by atoms with Gasteiger partial charge < -0.3 is 42.9 Å². The number of phosphoric acid groups is 2. The van der Waals surface area contributed by atoms with E-state index in [2.05, 4.69) is 41.0 Å². The lowest BCUT2D eigenvalue weighted by Crippen LogP contribution is -2.38. The maximum Gasteiger partial charge on any atom is 0.530 e. The average molecular weight is 1340 g/mol. The Morgan fingerprint density at radius 1 is 0.663 bits per heavy atom. The summed E-state index contributed by atoms with van der Waals surface area (Å²) < 4.78 is 93.1. The first-order valence-electron chi connectivity index (χ1n) is 29.4. The van der Waals surface area contributed by atoms with Crippen LogP contribution in [0.2, 0.25) is 10.0 Å². The van der Waals surface area contributed by atoms with Gasteiger partial charge in [-0.1, -0.05) is 117 Å². The highest BCUT2D eigenvalue weighted by Crippen LogP contribution is 2.55. The second-order valence-corrected chi connectivity index (χ2v) is 24.8. The third-order valence-electron chi connectivity index (χ3n) is 15.2. The van der Waals surface area contributed by atoms with Crippen LogP contribution >= 0.6 is 38.8 Å². The number of aryl methyl sites for hydroxylation is 1. The predicted molar refractivity (Wildman–Crippen MR) is 345 cm³/mol.